The summed E-state index contributed by atoms with van der Waals surface area (Å²) in [6, 6.07) is 0. The summed E-state index contributed by atoms with van der Waals surface area (Å²) in [7, 11) is 2.01. The third-order valence-corrected chi connectivity index (χ3v) is 3.67. The minimum absolute atomic E-state index is 0.959. The van der Waals surface area contributed by atoms with Gasteiger partial charge in [0.1, 0.15) is 0 Å². The van der Waals surface area contributed by atoms with E-state index in [4.69, 9.17) is 0 Å². The Morgan fingerprint density at radius 3 is 2.33 bits per heavy atom. The molecule has 3 heteroatoms. The first kappa shape index (κ1) is 15.2. The summed E-state index contributed by atoms with van der Waals surface area (Å²) in [5.41, 5.74) is 3.80. The van der Waals surface area contributed by atoms with Crippen LogP contribution in [-0.2, 0) is 13.6 Å². The number of nitrogens with one attached hydrogen (secondary N) is 1. The van der Waals surface area contributed by atoms with Crippen molar-refractivity contribution in [2.75, 3.05) is 6.54 Å². The summed E-state index contributed by atoms with van der Waals surface area (Å²) in [6.45, 7) is 8.58. The average molecular weight is 251 g/mol. The lowest BCUT2D eigenvalue weighted by atomic mass is 10.1. The third kappa shape index (κ3) is 4.81. The van der Waals surface area contributed by atoms with Crippen LogP contribution >= 0.6 is 0 Å². The topological polar surface area (TPSA) is 29.9 Å². The first-order chi connectivity index (χ1) is 8.66. The van der Waals surface area contributed by atoms with Crippen LogP contribution in [0.25, 0.3) is 0 Å². The van der Waals surface area contributed by atoms with Crippen LogP contribution in [0.5, 0.6) is 0 Å². The molecule has 0 aliphatic carbocycles. The molecule has 1 heterocycles. The molecule has 104 valence electrons. The zero-order valence-electron chi connectivity index (χ0n) is 12.6. The number of aromatic nitrogens is 2. The monoisotopic (exact) mass is 251 g/mol. The molecule has 1 rings (SSSR count). The summed E-state index contributed by atoms with van der Waals surface area (Å²) in [4.78, 5) is 0. The fourth-order valence-corrected chi connectivity index (χ4v) is 2.32. The first-order valence-electron chi connectivity index (χ1n) is 7.36. The predicted octanol–water partition coefficient (Wildman–Crippen LogP) is 3.49. The molecule has 0 radical (unpaired) electrons. The zero-order valence-corrected chi connectivity index (χ0v) is 12.6. The Morgan fingerprint density at radius 1 is 1.06 bits per heavy atom. The summed E-state index contributed by atoms with van der Waals surface area (Å²) in [6.07, 6.45) is 8.16. The van der Waals surface area contributed by atoms with Crippen molar-refractivity contribution in [3.05, 3.63) is 17.0 Å². The van der Waals surface area contributed by atoms with Crippen LogP contribution in [0.2, 0.25) is 0 Å². The highest BCUT2D eigenvalue weighted by Gasteiger charge is 2.07. The lowest BCUT2D eigenvalue weighted by molar-refractivity contribution is 0.571. The Hall–Kier alpha value is -0.830. The number of hydrogen-bond donors (Lipinski definition) is 1. The van der Waals surface area contributed by atoms with Gasteiger partial charge in [-0.3, -0.25) is 4.68 Å². The lowest BCUT2D eigenvalue weighted by Crippen LogP contribution is -2.15. The van der Waals surface area contributed by atoms with Crippen LogP contribution in [0.3, 0.4) is 0 Å². The second kappa shape index (κ2) is 8.30. The van der Waals surface area contributed by atoms with Crippen LogP contribution in [0.15, 0.2) is 0 Å². The Labute approximate surface area is 112 Å². The van der Waals surface area contributed by atoms with Crippen LogP contribution in [-0.4, -0.2) is 16.3 Å². The van der Waals surface area contributed by atoms with E-state index in [1.807, 2.05) is 11.7 Å². The fraction of sp³-hybridized carbons (Fsp3) is 0.800. The Balaban J connectivity index is 2.11. The summed E-state index contributed by atoms with van der Waals surface area (Å²) in [5.74, 6) is 0. The SMILES string of the molecule is CCCCCCCCNCc1c(C)nn(C)c1C. The van der Waals surface area contributed by atoms with Gasteiger partial charge in [-0.15, -0.1) is 0 Å². The van der Waals surface area contributed by atoms with E-state index in [1.165, 1.54) is 49.8 Å². The highest BCUT2D eigenvalue weighted by Crippen LogP contribution is 2.11. The van der Waals surface area contributed by atoms with Gasteiger partial charge in [0.25, 0.3) is 0 Å². The van der Waals surface area contributed by atoms with E-state index < -0.39 is 0 Å². The van der Waals surface area contributed by atoms with Gasteiger partial charge in [0.15, 0.2) is 0 Å². The molecule has 18 heavy (non-hydrogen) atoms. The molecule has 0 saturated heterocycles. The van der Waals surface area contributed by atoms with Gasteiger partial charge in [-0.25, -0.2) is 0 Å². The molecule has 0 unspecified atom stereocenters. The maximum Gasteiger partial charge on any atom is 0.0641 e. The van der Waals surface area contributed by atoms with Gasteiger partial charge in [-0.05, 0) is 26.8 Å². The Bertz CT molecular complexity index is 342. The highest BCUT2D eigenvalue weighted by molar-refractivity contribution is 5.23. The van der Waals surface area contributed by atoms with E-state index in [9.17, 15) is 0 Å². The molecular formula is C15H29N3. The molecular weight excluding hydrogens is 222 g/mol. The van der Waals surface area contributed by atoms with E-state index in [2.05, 4.69) is 31.2 Å². The smallest absolute Gasteiger partial charge is 0.0641 e. The van der Waals surface area contributed by atoms with Crippen molar-refractivity contribution < 1.29 is 0 Å². The van der Waals surface area contributed by atoms with Crippen molar-refractivity contribution in [2.24, 2.45) is 7.05 Å². The van der Waals surface area contributed by atoms with E-state index in [1.54, 1.807) is 0 Å². The fourth-order valence-electron chi connectivity index (χ4n) is 2.32. The lowest BCUT2D eigenvalue weighted by Gasteiger charge is -2.05. The quantitative estimate of drug-likeness (QED) is 0.681. The van der Waals surface area contributed by atoms with Gasteiger partial charge in [0.05, 0.1) is 5.69 Å². The molecule has 0 atom stereocenters. The second-order valence-corrected chi connectivity index (χ2v) is 5.22. The number of unbranched alkanes of at least 4 members (excludes halogenated alkanes) is 5. The first-order valence-corrected chi connectivity index (χ1v) is 7.36. The van der Waals surface area contributed by atoms with Crippen molar-refractivity contribution in [1.82, 2.24) is 15.1 Å². The van der Waals surface area contributed by atoms with Crippen LogP contribution in [0.4, 0.5) is 0 Å². The molecule has 1 aromatic rings. The Morgan fingerprint density at radius 2 is 1.72 bits per heavy atom. The van der Waals surface area contributed by atoms with E-state index in [-0.39, 0.29) is 0 Å². The molecule has 1 aromatic heterocycles. The van der Waals surface area contributed by atoms with Crippen molar-refractivity contribution >= 4 is 0 Å². The average Bonchev–Trinajstić information content (AvgIpc) is 2.58. The molecule has 0 fully saturated rings. The van der Waals surface area contributed by atoms with Crippen molar-refractivity contribution in [3.8, 4) is 0 Å². The normalized spacial score (nSPS) is 11.1. The third-order valence-electron chi connectivity index (χ3n) is 3.67. The van der Waals surface area contributed by atoms with Gasteiger partial charge >= 0.3 is 0 Å². The molecule has 3 nitrogen and oxygen atoms in total. The van der Waals surface area contributed by atoms with Crippen molar-refractivity contribution in [3.63, 3.8) is 0 Å². The van der Waals surface area contributed by atoms with Crippen LogP contribution in [0, 0.1) is 13.8 Å². The van der Waals surface area contributed by atoms with Crippen LogP contribution < -0.4 is 5.32 Å². The molecule has 0 spiro atoms. The zero-order chi connectivity index (χ0) is 13.4. The maximum atomic E-state index is 4.44. The van der Waals surface area contributed by atoms with Gasteiger partial charge in [-0.1, -0.05) is 39.0 Å². The van der Waals surface area contributed by atoms with E-state index in [0.717, 1.165) is 18.8 Å². The number of hydrogen-bond acceptors (Lipinski definition) is 2. The highest BCUT2D eigenvalue weighted by atomic mass is 15.3. The summed E-state index contributed by atoms with van der Waals surface area (Å²) >= 11 is 0. The van der Waals surface area contributed by atoms with Crippen LogP contribution in [0.1, 0.15) is 62.4 Å². The van der Waals surface area contributed by atoms with E-state index in [0.29, 0.717) is 0 Å². The van der Waals surface area contributed by atoms with Crippen molar-refractivity contribution in [1.29, 1.82) is 0 Å². The maximum absolute atomic E-state index is 4.44. The van der Waals surface area contributed by atoms with Gasteiger partial charge in [0.2, 0.25) is 0 Å². The molecule has 1 N–H and O–H groups in total. The second-order valence-electron chi connectivity index (χ2n) is 5.22. The number of aryl methyl sites for hydroxylation is 2. The van der Waals surface area contributed by atoms with Gasteiger partial charge in [0, 0.05) is 24.8 Å². The van der Waals surface area contributed by atoms with Gasteiger partial charge < -0.3 is 5.32 Å². The van der Waals surface area contributed by atoms with Gasteiger partial charge in [-0.2, -0.15) is 5.10 Å². The molecule has 0 aliphatic heterocycles. The largest absolute Gasteiger partial charge is 0.313 e. The molecule has 0 bridgehead atoms. The molecule has 0 aromatic carbocycles. The van der Waals surface area contributed by atoms with Crippen molar-refractivity contribution in [2.45, 2.75) is 65.8 Å². The summed E-state index contributed by atoms with van der Waals surface area (Å²) < 4.78 is 1.97. The predicted molar refractivity (Wildman–Crippen MR) is 77.8 cm³/mol. The molecule has 0 aliphatic rings. The molecule has 0 amide bonds. The summed E-state index contributed by atoms with van der Waals surface area (Å²) in [5, 5.41) is 7.97. The minimum Gasteiger partial charge on any atom is -0.313 e. The standard InChI is InChI=1S/C15H29N3/c1-5-6-7-8-9-10-11-16-12-15-13(2)17-18(4)14(15)3/h16H,5-12H2,1-4H3. The Kier molecular flexibility index (Phi) is 7.02. The minimum atomic E-state index is 0.959. The number of rotatable bonds is 9. The molecule has 0 saturated carbocycles. The number of nitrogens with zero attached hydrogens (tertiary/aromatic N) is 2. The van der Waals surface area contributed by atoms with E-state index >= 15 is 0 Å².